The molecule has 1 N–H and O–H groups in total. The number of benzene rings is 9. The number of anilines is 3. The summed E-state index contributed by atoms with van der Waals surface area (Å²) in [5.74, 6) is 0. The van der Waals surface area contributed by atoms with Gasteiger partial charge in [-0.1, -0.05) is 184 Å². The van der Waals surface area contributed by atoms with E-state index in [9.17, 15) is 0 Å². The van der Waals surface area contributed by atoms with E-state index in [4.69, 9.17) is 0 Å². The van der Waals surface area contributed by atoms with Crippen LogP contribution < -0.4 is 4.90 Å². The topological polar surface area (TPSA) is 19.0 Å². The molecular formula is C57H42N2. The van der Waals surface area contributed by atoms with Crippen LogP contribution in [0.5, 0.6) is 0 Å². The van der Waals surface area contributed by atoms with Crippen LogP contribution in [0.2, 0.25) is 0 Å². The summed E-state index contributed by atoms with van der Waals surface area (Å²) in [6, 6.07) is 77.4. The Hall–Kier alpha value is -7.42. The van der Waals surface area contributed by atoms with Gasteiger partial charge in [-0.2, -0.15) is 0 Å². The third-order valence-corrected chi connectivity index (χ3v) is 12.4. The molecule has 0 atom stereocenters. The van der Waals surface area contributed by atoms with Gasteiger partial charge in [0.25, 0.3) is 0 Å². The molecule has 10 aromatic rings. The monoisotopic (exact) mass is 754 g/mol. The van der Waals surface area contributed by atoms with Gasteiger partial charge >= 0.3 is 0 Å². The number of H-pyrrole nitrogens is 1. The lowest BCUT2D eigenvalue weighted by molar-refractivity contribution is 0.660. The minimum atomic E-state index is -0.106. The SMILES string of the molecule is CC1(C)c2ccccc2-c2ccc(N(c3ccc(-c4ccccc4)cc3)c3ccc(-c4cc5c(-c6ccccc6)c(-c6ccccc6)[nH]c5c5ccccc45)cc3)cc21. The number of hydrogen-bond acceptors (Lipinski definition) is 1. The van der Waals surface area contributed by atoms with Crippen LogP contribution >= 0.6 is 0 Å². The second-order valence-corrected chi connectivity index (χ2v) is 16.2. The first-order chi connectivity index (χ1) is 29.0. The average molecular weight is 755 g/mol. The summed E-state index contributed by atoms with van der Waals surface area (Å²) in [4.78, 5) is 6.31. The van der Waals surface area contributed by atoms with E-state index in [-0.39, 0.29) is 5.41 Å². The fourth-order valence-electron chi connectivity index (χ4n) is 9.50. The third-order valence-electron chi connectivity index (χ3n) is 12.4. The Morgan fingerprint density at radius 2 is 0.864 bits per heavy atom. The summed E-state index contributed by atoms with van der Waals surface area (Å²) in [6.45, 7) is 4.71. The summed E-state index contributed by atoms with van der Waals surface area (Å²) in [5, 5.41) is 3.65. The van der Waals surface area contributed by atoms with Crippen molar-refractivity contribution in [3.05, 3.63) is 223 Å². The Morgan fingerprint density at radius 1 is 0.356 bits per heavy atom. The first-order valence-electron chi connectivity index (χ1n) is 20.5. The van der Waals surface area contributed by atoms with Crippen LogP contribution in [0.1, 0.15) is 25.0 Å². The van der Waals surface area contributed by atoms with Crippen molar-refractivity contribution in [2.45, 2.75) is 19.3 Å². The number of nitrogens with one attached hydrogen (secondary N) is 1. The van der Waals surface area contributed by atoms with E-state index in [2.05, 4.69) is 236 Å². The molecule has 0 radical (unpaired) electrons. The van der Waals surface area contributed by atoms with Crippen molar-refractivity contribution in [3.63, 3.8) is 0 Å². The highest BCUT2D eigenvalue weighted by Gasteiger charge is 2.35. The Kier molecular flexibility index (Phi) is 8.20. The third kappa shape index (κ3) is 5.79. The Labute approximate surface area is 345 Å². The van der Waals surface area contributed by atoms with Gasteiger partial charge in [0.2, 0.25) is 0 Å². The fourth-order valence-corrected chi connectivity index (χ4v) is 9.50. The first-order valence-corrected chi connectivity index (χ1v) is 20.5. The molecule has 59 heavy (non-hydrogen) atoms. The predicted molar refractivity (Wildman–Crippen MR) is 250 cm³/mol. The lowest BCUT2D eigenvalue weighted by Gasteiger charge is -2.28. The largest absolute Gasteiger partial charge is 0.353 e. The second-order valence-electron chi connectivity index (χ2n) is 16.2. The normalized spacial score (nSPS) is 12.7. The molecule has 0 spiro atoms. The maximum atomic E-state index is 3.90. The maximum absolute atomic E-state index is 3.90. The van der Waals surface area contributed by atoms with Crippen molar-refractivity contribution < 1.29 is 0 Å². The molecule has 0 saturated carbocycles. The van der Waals surface area contributed by atoms with E-state index < -0.39 is 0 Å². The molecule has 1 aliphatic carbocycles. The van der Waals surface area contributed by atoms with E-state index in [0.29, 0.717) is 0 Å². The van der Waals surface area contributed by atoms with Crippen LogP contribution in [0, 0.1) is 0 Å². The van der Waals surface area contributed by atoms with Gasteiger partial charge in [0.05, 0.1) is 11.2 Å². The number of fused-ring (bicyclic) bond motifs is 6. The lowest BCUT2D eigenvalue weighted by atomic mass is 9.82. The molecule has 2 nitrogen and oxygen atoms in total. The van der Waals surface area contributed by atoms with Crippen molar-refractivity contribution in [2.24, 2.45) is 0 Å². The summed E-state index contributed by atoms with van der Waals surface area (Å²) in [6.07, 6.45) is 0. The average Bonchev–Trinajstić information content (AvgIpc) is 3.80. The van der Waals surface area contributed by atoms with Crippen LogP contribution in [-0.2, 0) is 5.41 Å². The summed E-state index contributed by atoms with van der Waals surface area (Å²) in [5.41, 5.74) is 19.4. The number of aromatic amines is 1. The Morgan fingerprint density at radius 3 is 1.54 bits per heavy atom. The van der Waals surface area contributed by atoms with Gasteiger partial charge < -0.3 is 9.88 Å². The maximum Gasteiger partial charge on any atom is 0.0545 e. The molecule has 0 fully saturated rings. The standard InChI is InChI=1S/C57H42N2/c1-57(2)52-25-15-14-23-47(52)48-35-34-45(36-53(48)57)59(43-30-26-39(27-31-43)38-16-6-3-7-17-38)44-32-28-40(29-33-44)50-37-51-54(41-18-8-4-9-19-41)55(42-20-10-5-11-21-42)58-56(51)49-24-13-12-22-46(49)50/h3-37,58H,1-2H3. The van der Waals surface area contributed by atoms with Gasteiger partial charge in [-0.05, 0) is 103 Å². The number of aromatic nitrogens is 1. The van der Waals surface area contributed by atoms with E-state index in [1.54, 1.807) is 0 Å². The van der Waals surface area contributed by atoms with E-state index in [0.717, 1.165) is 28.3 Å². The molecule has 0 bridgehead atoms. The van der Waals surface area contributed by atoms with E-state index in [1.807, 2.05) is 0 Å². The molecule has 2 heteroatoms. The molecule has 1 aromatic heterocycles. The van der Waals surface area contributed by atoms with Crippen molar-refractivity contribution in [1.29, 1.82) is 0 Å². The summed E-state index contributed by atoms with van der Waals surface area (Å²) >= 11 is 0. The quantitative estimate of drug-likeness (QED) is 0.172. The molecule has 0 unspecified atom stereocenters. The second kappa shape index (κ2) is 13.9. The molecule has 1 aliphatic rings. The van der Waals surface area contributed by atoms with Gasteiger partial charge in [-0.15, -0.1) is 0 Å². The zero-order valence-corrected chi connectivity index (χ0v) is 33.2. The smallest absolute Gasteiger partial charge is 0.0545 e. The van der Waals surface area contributed by atoms with Crippen molar-refractivity contribution >= 4 is 38.7 Å². The van der Waals surface area contributed by atoms with Gasteiger partial charge in [0.1, 0.15) is 0 Å². The fraction of sp³-hybridized carbons (Fsp3) is 0.0526. The van der Waals surface area contributed by atoms with Crippen LogP contribution in [0.4, 0.5) is 17.1 Å². The van der Waals surface area contributed by atoms with Crippen molar-refractivity contribution in [3.8, 4) is 55.8 Å². The molecule has 0 aliphatic heterocycles. The summed E-state index contributed by atoms with van der Waals surface area (Å²) < 4.78 is 0. The highest BCUT2D eigenvalue weighted by Crippen LogP contribution is 2.51. The zero-order valence-electron chi connectivity index (χ0n) is 33.2. The van der Waals surface area contributed by atoms with E-state index >= 15 is 0 Å². The van der Waals surface area contributed by atoms with Gasteiger partial charge in [-0.25, -0.2) is 0 Å². The van der Waals surface area contributed by atoms with E-state index in [1.165, 1.54) is 77.4 Å². The first kappa shape index (κ1) is 34.8. The van der Waals surface area contributed by atoms with Crippen molar-refractivity contribution in [1.82, 2.24) is 4.98 Å². The van der Waals surface area contributed by atoms with Crippen LogP contribution in [-0.4, -0.2) is 4.98 Å². The molecule has 9 aromatic carbocycles. The Bertz CT molecular complexity index is 3140. The molecule has 0 amide bonds. The highest BCUT2D eigenvalue weighted by atomic mass is 15.1. The van der Waals surface area contributed by atoms with Crippen LogP contribution in [0.25, 0.3) is 77.4 Å². The molecular weight excluding hydrogens is 713 g/mol. The summed E-state index contributed by atoms with van der Waals surface area (Å²) in [7, 11) is 0. The number of nitrogens with zero attached hydrogens (tertiary/aromatic N) is 1. The molecule has 280 valence electrons. The zero-order chi connectivity index (χ0) is 39.5. The number of hydrogen-bond donors (Lipinski definition) is 1. The minimum Gasteiger partial charge on any atom is -0.353 e. The van der Waals surface area contributed by atoms with Crippen molar-refractivity contribution in [2.75, 3.05) is 4.90 Å². The lowest BCUT2D eigenvalue weighted by Crippen LogP contribution is -2.16. The Balaban J connectivity index is 1.06. The van der Waals surface area contributed by atoms with Gasteiger partial charge in [-0.3, -0.25) is 0 Å². The highest BCUT2D eigenvalue weighted by molar-refractivity contribution is 6.18. The minimum absolute atomic E-state index is 0.106. The van der Waals surface area contributed by atoms with Gasteiger partial charge in [0, 0.05) is 38.8 Å². The van der Waals surface area contributed by atoms with Crippen LogP contribution in [0.15, 0.2) is 212 Å². The molecule has 11 rings (SSSR count). The van der Waals surface area contributed by atoms with Gasteiger partial charge in [0.15, 0.2) is 0 Å². The molecule has 1 heterocycles. The predicted octanol–water partition coefficient (Wildman–Crippen LogP) is 15.8. The molecule has 0 saturated heterocycles. The number of rotatable bonds is 7. The van der Waals surface area contributed by atoms with Crippen LogP contribution in [0.3, 0.4) is 0 Å².